The maximum Gasteiger partial charge on any atom is 0.257 e. The Morgan fingerprint density at radius 3 is 2.54 bits per heavy atom. The number of nitrogens with one attached hydrogen (secondary N) is 1. The second-order valence-electron chi connectivity index (χ2n) is 12.3. The van der Waals surface area contributed by atoms with Crippen molar-refractivity contribution >= 4 is 11.7 Å². The molecule has 5 nitrogen and oxygen atoms in total. The van der Waals surface area contributed by atoms with Gasteiger partial charge < -0.3 is 15.5 Å². The van der Waals surface area contributed by atoms with E-state index >= 15 is 0 Å². The molecule has 0 radical (unpaired) electrons. The lowest BCUT2D eigenvalue weighted by Gasteiger charge is -2.52. The Balaban J connectivity index is 1.73. The second kappa shape index (κ2) is 10.2. The molecule has 1 aliphatic heterocycles. The molecule has 1 saturated carbocycles. The van der Waals surface area contributed by atoms with E-state index in [4.69, 9.17) is 0 Å². The van der Waals surface area contributed by atoms with Crippen molar-refractivity contribution in [3.05, 3.63) is 64.8 Å². The number of amides is 1. The Morgan fingerprint density at radius 2 is 1.89 bits per heavy atom. The standard InChI is InChI=1S/C32H43NO4/c1-7-19(2)14-21(4)27-22(5)16-31(6)15-20(3)8-13-26(31)28(27)29(35)25-18-32(37,33-30(25)36)17-23-9-11-24(34)12-10-23/h9-12,14,16,18-20,26-28,34,37H,7-8,13,15,17H2,1-6H3,(H,33,36)/b21-14+/t19-,20+,26-,27+,28+,31+,32+/m1/s1. The summed E-state index contributed by atoms with van der Waals surface area (Å²) in [4.78, 5) is 27.5. The van der Waals surface area contributed by atoms with Gasteiger partial charge in [-0.05, 0) is 73.6 Å². The predicted molar refractivity (Wildman–Crippen MR) is 147 cm³/mol. The lowest BCUT2D eigenvalue weighted by atomic mass is 9.52. The Morgan fingerprint density at radius 1 is 1.22 bits per heavy atom. The number of carbonyl (C=O) groups excluding carboxylic acids is 2. The van der Waals surface area contributed by atoms with Crippen LogP contribution in [0.3, 0.4) is 0 Å². The smallest absolute Gasteiger partial charge is 0.257 e. The second-order valence-corrected chi connectivity index (χ2v) is 12.3. The van der Waals surface area contributed by atoms with Gasteiger partial charge in [0.05, 0.1) is 5.57 Å². The summed E-state index contributed by atoms with van der Waals surface area (Å²) in [5.74, 6) is 0.236. The minimum Gasteiger partial charge on any atom is -0.508 e. The van der Waals surface area contributed by atoms with Gasteiger partial charge >= 0.3 is 0 Å². The number of rotatable bonds is 7. The van der Waals surface area contributed by atoms with Crippen LogP contribution in [0.15, 0.2) is 59.2 Å². The zero-order chi connectivity index (χ0) is 27.1. The molecule has 5 heteroatoms. The number of benzene rings is 1. The highest BCUT2D eigenvalue weighted by molar-refractivity contribution is 6.22. The van der Waals surface area contributed by atoms with E-state index < -0.39 is 11.6 Å². The summed E-state index contributed by atoms with van der Waals surface area (Å²) >= 11 is 0. The average molecular weight is 506 g/mol. The van der Waals surface area contributed by atoms with Crippen LogP contribution < -0.4 is 5.32 Å². The van der Waals surface area contributed by atoms with E-state index in [1.807, 2.05) is 0 Å². The quantitative estimate of drug-likeness (QED) is 0.319. The molecule has 7 atom stereocenters. The van der Waals surface area contributed by atoms with E-state index in [-0.39, 0.29) is 46.7 Å². The fourth-order valence-corrected chi connectivity index (χ4v) is 7.31. The summed E-state index contributed by atoms with van der Waals surface area (Å²) in [5, 5.41) is 23.5. The van der Waals surface area contributed by atoms with Crippen molar-refractivity contribution in [2.45, 2.75) is 79.4 Å². The molecule has 0 spiro atoms. The molecule has 0 bridgehead atoms. The van der Waals surface area contributed by atoms with Crippen LogP contribution in [-0.4, -0.2) is 27.6 Å². The van der Waals surface area contributed by atoms with E-state index in [1.165, 1.54) is 17.2 Å². The van der Waals surface area contributed by atoms with Crippen molar-refractivity contribution in [3.8, 4) is 5.75 Å². The molecule has 3 aliphatic rings. The molecule has 1 aromatic carbocycles. The highest BCUT2D eigenvalue weighted by Crippen LogP contribution is 2.56. The Bertz CT molecular complexity index is 1150. The molecule has 0 saturated heterocycles. The van der Waals surface area contributed by atoms with E-state index in [9.17, 15) is 19.8 Å². The number of phenols is 1. The molecular weight excluding hydrogens is 462 g/mol. The van der Waals surface area contributed by atoms with Crippen LogP contribution in [0, 0.1) is 35.0 Å². The van der Waals surface area contributed by atoms with Crippen LogP contribution in [0.5, 0.6) is 5.75 Å². The number of allylic oxidation sites excluding steroid dienone is 4. The molecule has 1 fully saturated rings. The normalized spacial score (nSPS) is 34.8. The van der Waals surface area contributed by atoms with E-state index in [0.717, 1.165) is 31.2 Å². The molecule has 0 unspecified atom stereocenters. The number of ketones is 1. The van der Waals surface area contributed by atoms with E-state index in [1.54, 1.807) is 24.3 Å². The molecule has 1 aromatic rings. The van der Waals surface area contributed by atoms with Crippen molar-refractivity contribution in [2.75, 3.05) is 0 Å². The van der Waals surface area contributed by atoms with Crippen molar-refractivity contribution < 1.29 is 19.8 Å². The van der Waals surface area contributed by atoms with Crippen LogP contribution in [-0.2, 0) is 16.0 Å². The Kier molecular flexibility index (Phi) is 7.58. The minimum atomic E-state index is -1.64. The molecule has 37 heavy (non-hydrogen) atoms. The zero-order valence-electron chi connectivity index (χ0n) is 23.2. The molecule has 4 rings (SSSR count). The topological polar surface area (TPSA) is 86.6 Å². The van der Waals surface area contributed by atoms with Gasteiger partial charge in [0.2, 0.25) is 0 Å². The van der Waals surface area contributed by atoms with Crippen LogP contribution in [0.2, 0.25) is 0 Å². The number of fused-ring (bicyclic) bond motifs is 1. The SMILES string of the molecule is CC[C@@H](C)/C=C(\C)[C@H]1C(C)=C[C@]2(C)C[C@@H](C)CC[C@@H]2[C@@H]1C(=O)C1=C[C@@](O)(Cc2ccc(O)cc2)NC1=O. The van der Waals surface area contributed by atoms with Crippen molar-refractivity contribution in [1.82, 2.24) is 5.32 Å². The third kappa shape index (κ3) is 5.47. The summed E-state index contributed by atoms with van der Waals surface area (Å²) in [6.07, 6.45) is 10.4. The van der Waals surface area contributed by atoms with E-state index in [2.05, 4.69) is 59.0 Å². The lowest BCUT2D eigenvalue weighted by molar-refractivity contribution is -0.129. The zero-order valence-corrected chi connectivity index (χ0v) is 23.2. The van der Waals surface area contributed by atoms with Gasteiger partial charge in [0.15, 0.2) is 11.5 Å². The molecular formula is C32H43NO4. The van der Waals surface area contributed by atoms with Crippen LogP contribution in [0.4, 0.5) is 0 Å². The molecule has 3 N–H and O–H groups in total. The third-order valence-electron chi connectivity index (χ3n) is 9.06. The van der Waals surface area contributed by atoms with Crippen LogP contribution in [0.25, 0.3) is 0 Å². The van der Waals surface area contributed by atoms with E-state index in [0.29, 0.717) is 11.8 Å². The number of aliphatic hydroxyl groups is 1. The first kappa shape index (κ1) is 27.4. The largest absolute Gasteiger partial charge is 0.508 e. The third-order valence-corrected chi connectivity index (χ3v) is 9.06. The summed E-state index contributed by atoms with van der Waals surface area (Å²) < 4.78 is 0. The van der Waals surface area contributed by atoms with Gasteiger partial charge in [-0.2, -0.15) is 0 Å². The first-order valence-electron chi connectivity index (χ1n) is 13.8. The summed E-state index contributed by atoms with van der Waals surface area (Å²) in [6.45, 7) is 13.2. The maximum absolute atomic E-state index is 14.4. The number of hydrogen-bond acceptors (Lipinski definition) is 4. The summed E-state index contributed by atoms with van der Waals surface area (Å²) in [5.41, 5.74) is 1.50. The van der Waals surface area contributed by atoms with Gasteiger partial charge in [-0.15, -0.1) is 0 Å². The first-order valence-corrected chi connectivity index (χ1v) is 13.8. The lowest BCUT2D eigenvalue weighted by Crippen LogP contribution is -2.48. The monoisotopic (exact) mass is 505 g/mol. The fourth-order valence-electron chi connectivity index (χ4n) is 7.31. The fraction of sp³-hybridized carbons (Fsp3) is 0.562. The minimum absolute atomic E-state index is 0.0486. The maximum atomic E-state index is 14.4. The Labute approximate surface area is 221 Å². The molecule has 200 valence electrons. The molecule has 0 aromatic heterocycles. The molecule has 2 aliphatic carbocycles. The van der Waals surface area contributed by atoms with Crippen molar-refractivity contribution in [2.24, 2.45) is 35.0 Å². The van der Waals surface area contributed by atoms with Gasteiger partial charge in [-0.25, -0.2) is 0 Å². The van der Waals surface area contributed by atoms with Gasteiger partial charge in [-0.1, -0.05) is 76.0 Å². The highest BCUT2D eigenvalue weighted by Gasteiger charge is 2.53. The number of carbonyl (C=O) groups is 2. The van der Waals surface area contributed by atoms with Gasteiger partial charge in [0.1, 0.15) is 5.75 Å². The van der Waals surface area contributed by atoms with Crippen molar-refractivity contribution in [1.29, 1.82) is 0 Å². The van der Waals surface area contributed by atoms with Crippen LogP contribution >= 0.6 is 0 Å². The summed E-state index contributed by atoms with van der Waals surface area (Å²) in [6, 6.07) is 6.50. The molecule has 1 heterocycles. The number of aromatic hydroxyl groups is 1. The summed E-state index contributed by atoms with van der Waals surface area (Å²) in [7, 11) is 0. The number of hydrogen-bond donors (Lipinski definition) is 3. The van der Waals surface area contributed by atoms with Gasteiger partial charge in [0.25, 0.3) is 5.91 Å². The first-order chi connectivity index (χ1) is 17.4. The van der Waals surface area contributed by atoms with Gasteiger partial charge in [-0.3, -0.25) is 9.59 Å². The average Bonchev–Trinajstić information content (AvgIpc) is 3.12. The number of Topliss-reactive ketones (excluding diaryl/α,β-unsaturated/α-hetero) is 1. The number of phenolic OH excluding ortho intramolecular Hbond substituents is 1. The highest BCUT2D eigenvalue weighted by atomic mass is 16.3. The molecule has 1 amide bonds. The van der Waals surface area contributed by atoms with Crippen molar-refractivity contribution in [3.63, 3.8) is 0 Å². The Hall–Kier alpha value is -2.66. The predicted octanol–water partition coefficient (Wildman–Crippen LogP) is 5.88. The van der Waals surface area contributed by atoms with Crippen LogP contribution in [0.1, 0.15) is 72.8 Å². The van der Waals surface area contributed by atoms with Gasteiger partial charge in [0, 0.05) is 18.3 Å².